The van der Waals surface area contributed by atoms with E-state index in [0.29, 0.717) is 5.75 Å². The standard InChI is InChI=1S/C15H13NO2/c1-11-13-9-5-6-10-14(13)18-15(17)16(11)12-7-3-2-4-8-12/h2-11H,1H3. The van der Waals surface area contributed by atoms with Crippen molar-refractivity contribution in [2.75, 3.05) is 4.90 Å². The van der Waals surface area contributed by atoms with Crippen LogP contribution in [0.3, 0.4) is 0 Å². The summed E-state index contributed by atoms with van der Waals surface area (Å²) in [5.41, 5.74) is 1.88. The maximum absolute atomic E-state index is 12.1. The SMILES string of the molecule is CC1c2ccccc2OC(=O)N1c1ccccc1. The molecule has 90 valence electrons. The molecule has 1 heterocycles. The molecular formula is C15H13NO2. The predicted molar refractivity (Wildman–Crippen MR) is 69.8 cm³/mol. The molecule has 1 atom stereocenters. The molecule has 2 aromatic carbocycles. The normalized spacial score (nSPS) is 18.2. The van der Waals surface area contributed by atoms with E-state index in [4.69, 9.17) is 4.74 Å². The Morgan fingerprint density at radius 3 is 2.44 bits per heavy atom. The van der Waals surface area contributed by atoms with Crippen LogP contribution in [0.15, 0.2) is 54.6 Å². The lowest BCUT2D eigenvalue weighted by Crippen LogP contribution is -2.39. The summed E-state index contributed by atoms with van der Waals surface area (Å²) in [7, 11) is 0. The number of nitrogens with zero attached hydrogens (tertiary/aromatic N) is 1. The first-order valence-electron chi connectivity index (χ1n) is 5.92. The molecule has 0 bridgehead atoms. The largest absolute Gasteiger partial charge is 0.420 e. The van der Waals surface area contributed by atoms with Gasteiger partial charge >= 0.3 is 6.09 Å². The number of ether oxygens (including phenoxy) is 1. The second kappa shape index (κ2) is 4.18. The minimum atomic E-state index is -0.326. The number of fused-ring (bicyclic) bond motifs is 1. The Labute approximate surface area is 106 Å². The van der Waals surface area contributed by atoms with Crippen LogP contribution in [0, 0.1) is 0 Å². The van der Waals surface area contributed by atoms with Gasteiger partial charge in [-0.05, 0) is 25.1 Å². The highest BCUT2D eigenvalue weighted by atomic mass is 16.6. The molecule has 1 amide bonds. The van der Waals surface area contributed by atoms with E-state index >= 15 is 0 Å². The molecule has 1 aliphatic rings. The summed E-state index contributed by atoms with van der Waals surface area (Å²) in [6.45, 7) is 2.01. The van der Waals surface area contributed by atoms with E-state index in [2.05, 4.69) is 0 Å². The molecule has 0 fully saturated rings. The first-order chi connectivity index (χ1) is 8.77. The maximum atomic E-state index is 12.1. The number of amides is 1. The van der Waals surface area contributed by atoms with Crippen molar-refractivity contribution in [3.63, 3.8) is 0 Å². The van der Waals surface area contributed by atoms with Crippen LogP contribution >= 0.6 is 0 Å². The number of benzene rings is 2. The predicted octanol–water partition coefficient (Wildman–Crippen LogP) is 3.77. The van der Waals surface area contributed by atoms with Crippen LogP contribution in [0.2, 0.25) is 0 Å². The number of rotatable bonds is 1. The zero-order valence-corrected chi connectivity index (χ0v) is 10.0. The van der Waals surface area contributed by atoms with E-state index in [-0.39, 0.29) is 12.1 Å². The van der Waals surface area contributed by atoms with Gasteiger partial charge in [-0.1, -0.05) is 36.4 Å². The summed E-state index contributed by atoms with van der Waals surface area (Å²) in [4.78, 5) is 13.7. The van der Waals surface area contributed by atoms with E-state index in [1.165, 1.54) is 0 Å². The van der Waals surface area contributed by atoms with Crippen molar-refractivity contribution >= 4 is 11.8 Å². The van der Waals surface area contributed by atoms with Gasteiger partial charge in [-0.25, -0.2) is 4.79 Å². The number of carbonyl (C=O) groups is 1. The van der Waals surface area contributed by atoms with Crippen LogP contribution in [0.5, 0.6) is 5.75 Å². The van der Waals surface area contributed by atoms with Crippen LogP contribution in [0.25, 0.3) is 0 Å². The molecule has 0 saturated carbocycles. The fourth-order valence-corrected chi connectivity index (χ4v) is 2.28. The number of hydrogen-bond acceptors (Lipinski definition) is 2. The van der Waals surface area contributed by atoms with Gasteiger partial charge in [0.2, 0.25) is 0 Å². The van der Waals surface area contributed by atoms with Gasteiger partial charge in [0.1, 0.15) is 5.75 Å². The van der Waals surface area contributed by atoms with Crippen LogP contribution < -0.4 is 9.64 Å². The van der Waals surface area contributed by atoms with Crippen LogP contribution in [-0.4, -0.2) is 6.09 Å². The average molecular weight is 239 g/mol. The minimum Gasteiger partial charge on any atom is -0.410 e. The van der Waals surface area contributed by atoms with Crippen molar-refractivity contribution in [1.82, 2.24) is 0 Å². The third kappa shape index (κ3) is 1.64. The van der Waals surface area contributed by atoms with E-state index in [0.717, 1.165) is 11.3 Å². The Hall–Kier alpha value is -2.29. The van der Waals surface area contributed by atoms with Crippen molar-refractivity contribution in [2.24, 2.45) is 0 Å². The third-order valence-corrected chi connectivity index (χ3v) is 3.18. The zero-order chi connectivity index (χ0) is 12.5. The van der Waals surface area contributed by atoms with Crippen molar-refractivity contribution in [3.05, 3.63) is 60.2 Å². The first-order valence-corrected chi connectivity index (χ1v) is 5.92. The quantitative estimate of drug-likeness (QED) is 0.758. The lowest BCUT2D eigenvalue weighted by Gasteiger charge is -2.33. The fourth-order valence-electron chi connectivity index (χ4n) is 2.28. The zero-order valence-electron chi connectivity index (χ0n) is 10.0. The molecule has 3 rings (SSSR count). The van der Waals surface area contributed by atoms with Gasteiger partial charge in [-0.2, -0.15) is 0 Å². The van der Waals surface area contributed by atoms with Gasteiger partial charge in [0, 0.05) is 11.3 Å². The Bertz CT molecular complexity index is 580. The topological polar surface area (TPSA) is 29.5 Å². The van der Waals surface area contributed by atoms with E-state index < -0.39 is 0 Å². The lowest BCUT2D eigenvalue weighted by molar-refractivity contribution is 0.199. The molecule has 2 aromatic rings. The third-order valence-electron chi connectivity index (χ3n) is 3.18. The van der Waals surface area contributed by atoms with Gasteiger partial charge < -0.3 is 4.74 Å². The Morgan fingerprint density at radius 1 is 1.00 bits per heavy atom. The van der Waals surface area contributed by atoms with Gasteiger partial charge in [0.25, 0.3) is 0 Å². The monoisotopic (exact) mass is 239 g/mol. The molecule has 0 spiro atoms. The Kier molecular flexibility index (Phi) is 2.52. The summed E-state index contributed by atoms with van der Waals surface area (Å²) in [6.07, 6.45) is -0.326. The summed E-state index contributed by atoms with van der Waals surface area (Å²) in [6, 6.07) is 17.2. The second-order valence-electron chi connectivity index (χ2n) is 4.29. The summed E-state index contributed by atoms with van der Waals surface area (Å²) in [5.74, 6) is 0.655. The van der Waals surface area contributed by atoms with Crippen LogP contribution in [-0.2, 0) is 0 Å². The van der Waals surface area contributed by atoms with E-state index in [1.807, 2.05) is 61.5 Å². The average Bonchev–Trinajstić information content (AvgIpc) is 2.40. The summed E-state index contributed by atoms with van der Waals surface area (Å²) in [5, 5.41) is 0. The molecule has 0 aromatic heterocycles. The van der Waals surface area contributed by atoms with Crippen LogP contribution in [0.1, 0.15) is 18.5 Å². The second-order valence-corrected chi connectivity index (χ2v) is 4.29. The smallest absolute Gasteiger partial charge is 0.410 e. The highest BCUT2D eigenvalue weighted by Crippen LogP contribution is 2.37. The molecule has 18 heavy (non-hydrogen) atoms. The van der Waals surface area contributed by atoms with Gasteiger partial charge in [0.15, 0.2) is 0 Å². The van der Waals surface area contributed by atoms with Gasteiger partial charge in [0.05, 0.1) is 6.04 Å². The highest BCUT2D eigenvalue weighted by molar-refractivity contribution is 5.92. The number of carbonyl (C=O) groups excluding carboxylic acids is 1. The number of anilines is 1. The molecule has 0 N–H and O–H groups in total. The molecule has 3 heteroatoms. The van der Waals surface area contributed by atoms with E-state index in [1.54, 1.807) is 4.90 Å². The molecule has 1 unspecified atom stereocenters. The molecule has 0 radical (unpaired) electrons. The minimum absolute atomic E-state index is 0.0233. The highest BCUT2D eigenvalue weighted by Gasteiger charge is 2.32. The first kappa shape index (κ1) is 10.8. The molecular weight excluding hydrogens is 226 g/mol. The van der Waals surface area contributed by atoms with Crippen LogP contribution in [0.4, 0.5) is 10.5 Å². The van der Waals surface area contributed by atoms with Gasteiger partial charge in [-0.3, -0.25) is 4.90 Å². The molecule has 0 saturated heterocycles. The summed E-state index contributed by atoms with van der Waals surface area (Å²) >= 11 is 0. The molecule has 1 aliphatic heterocycles. The van der Waals surface area contributed by atoms with E-state index in [9.17, 15) is 4.79 Å². The number of para-hydroxylation sites is 2. The van der Waals surface area contributed by atoms with Crippen molar-refractivity contribution in [2.45, 2.75) is 13.0 Å². The van der Waals surface area contributed by atoms with Crippen molar-refractivity contribution in [3.8, 4) is 5.75 Å². The Morgan fingerprint density at radius 2 is 1.67 bits per heavy atom. The van der Waals surface area contributed by atoms with Crippen molar-refractivity contribution < 1.29 is 9.53 Å². The maximum Gasteiger partial charge on any atom is 0.420 e. The summed E-state index contributed by atoms with van der Waals surface area (Å²) < 4.78 is 5.36. The van der Waals surface area contributed by atoms with Crippen molar-refractivity contribution in [1.29, 1.82) is 0 Å². The lowest BCUT2D eigenvalue weighted by atomic mass is 10.0. The Balaban J connectivity index is 2.06. The number of hydrogen-bond donors (Lipinski definition) is 0. The molecule has 0 aliphatic carbocycles. The molecule has 3 nitrogen and oxygen atoms in total. The van der Waals surface area contributed by atoms with Gasteiger partial charge in [-0.15, -0.1) is 0 Å². The fraction of sp³-hybridized carbons (Fsp3) is 0.133.